The average Bonchev–Trinajstić information content (AvgIpc) is 3.19. The summed E-state index contributed by atoms with van der Waals surface area (Å²) in [5.74, 6) is 1.73. The van der Waals surface area contributed by atoms with Gasteiger partial charge < -0.3 is 5.32 Å². The Morgan fingerprint density at radius 3 is 2.40 bits per heavy atom. The first-order valence-electron chi connectivity index (χ1n) is 8.34. The largest absolute Gasteiger partial charge is 0.307 e. The SMILES string of the molecule is CC1CC(NC(c2ccccc2)C2CC2)CC(C)(C)C1. The highest BCUT2D eigenvalue weighted by molar-refractivity contribution is 5.21. The molecule has 0 amide bonds. The summed E-state index contributed by atoms with van der Waals surface area (Å²) in [6.07, 6.45) is 6.86. The van der Waals surface area contributed by atoms with Gasteiger partial charge in [0.05, 0.1) is 0 Å². The minimum Gasteiger partial charge on any atom is -0.307 e. The maximum absolute atomic E-state index is 4.02. The van der Waals surface area contributed by atoms with Crippen LogP contribution in [0.4, 0.5) is 0 Å². The molecule has 0 heterocycles. The second-order valence-electron chi connectivity index (χ2n) is 8.00. The van der Waals surface area contributed by atoms with E-state index in [1.54, 1.807) is 0 Å². The molecule has 2 aliphatic rings. The van der Waals surface area contributed by atoms with Gasteiger partial charge >= 0.3 is 0 Å². The molecule has 0 aromatic heterocycles. The molecule has 1 aromatic rings. The predicted molar refractivity (Wildman–Crippen MR) is 85.6 cm³/mol. The normalized spacial score (nSPS) is 30.9. The van der Waals surface area contributed by atoms with Crippen LogP contribution in [-0.4, -0.2) is 6.04 Å². The van der Waals surface area contributed by atoms with Gasteiger partial charge in [-0.2, -0.15) is 0 Å². The zero-order chi connectivity index (χ0) is 14.2. The first-order valence-corrected chi connectivity index (χ1v) is 8.34. The van der Waals surface area contributed by atoms with Crippen molar-refractivity contribution in [2.24, 2.45) is 17.3 Å². The lowest BCUT2D eigenvalue weighted by Gasteiger charge is -2.41. The van der Waals surface area contributed by atoms with Crippen molar-refractivity contribution in [1.82, 2.24) is 5.32 Å². The molecule has 3 atom stereocenters. The molecule has 2 aliphatic carbocycles. The summed E-state index contributed by atoms with van der Waals surface area (Å²) in [6.45, 7) is 7.29. The monoisotopic (exact) mass is 271 g/mol. The second kappa shape index (κ2) is 5.52. The van der Waals surface area contributed by atoms with E-state index in [0.717, 1.165) is 11.8 Å². The quantitative estimate of drug-likeness (QED) is 0.817. The molecule has 2 fully saturated rings. The van der Waals surface area contributed by atoms with E-state index < -0.39 is 0 Å². The van der Waals surface area contributed by atoms with Gasteiger partial charge in [0, 0.05) is 12.1 Å². The molecule has 20 heavy (non-hydrogen) atoms. The Labute approximate surface area is 124 Å². The van der Waals surface area contributed by atoms with Gasteiger partial charge in [-0.15, -0.1) is 0 Å². The van der Waals surface area contributed by atoms with Gasteiger partial charge in [0.15, 0.2) is 0 Å². The molecular formula is C19H29N. The molecule has 1 aromatic carbocycles. The van der Waals surface area contributed by atoms with Crippen LogP contribution >= 0.6 is 0 Å². The Morgan fingerprint density at radius 1 is 1.10 bits per heavy atom. The van der Waals surface area contributed by atoms with Gasteiger partial charge in [-0.25, -0.2) is 0 Å². The molecule has 0 spiro atoms. The van der Waals surface area contributed by atoms with Crippen molar-refractivity contribution in [2.45, 2.75) is 65.0 Å². The number of nitrogens with one attached hydrogen (secondary N) is 1. The van der Waals surface area contributed by atoms with Gasteiger partial charge in [0.2, 0.25) is 0 Å². The standard InChI is InChI=1S/C19H29N/c1-14-11-17(13-19(2,3)12-14)20-18(16-9-10-16)15-7-5-4-6-8-15/h4-8,14,16-18,20H,9-13H2,1-3H3. The second-order valence-corrected chi connectivity index (χ2v) is 8.00. The number of hydrogen-bond acceptors (Lipinski definition) is 1. The summed E-state index contributed by atoms with van der Waals surface area (Å²) in [6, 6.07) is 12.4. The van der Waals surface area contributed by atoms with Crippen LogP contribution in [0.2, 0.25) is 0 Å². The predicted octanol–water partition coefficient (Wildman–Crippen LogP) is 4.94. The third-order valence-corrected chi connectivity index (χ3v) is 5.05. The van der Waals surface area contributed by atoms with Gasteiger partial charge in [-0.3, -0.25) is 0 Å². The molecule has 110 valence electrons. The zero-order valence-corrected chi connectivity index (χ0v) is 13.2. The fourth-order valence-corrected chi connectivity index (χ4v) is 4.32. The third-order valence-electron chi connectivity index (χ3n) is 5.05. The van der Waals surface area contributed by atoms with E-state index in [1.807, 2.05) is 0 Å². The fourth-order valence-electron chi connectivity index (χ4n) is 4.32. The first kappa shape index (κ1) is 14.1. The van der Waals surface area contributed by atoms with Crippen molar-refractivity contribution < 1.29 is 0 Å². The van der Waals surface area contributed by atoms with Crippen molar-refractivity contribution in [2.75, 3.05) is 0 Å². The molecule has 0 aliphatic heterocycles. The van der Waals surface area contributed by atoms with E-state index in [4.69, 9.17) is 0 Å². The molecule has 0 saturated heterocycles. The van der Waals surface area contributed by atoms with Crippen LogP contribution in [0.3, 0.4) is 0 Å². The van der Waals surface area contributed by atoms with Gasteiger partial charge in [0.25, 0.3) is 0 Å². The van der Waals surface area contributed by atoms with Crippen molar-refractivity contribution in [3.63, 3.8) is 0 Å². The van der Waals surface area contributed by atoms with Crippen molar-refractivity contribution in [3.8, 4) is 0 Å². The maximum atomic E-state index is 4.02. The molecule has 1 nitrogen and oxygen atoms in total. The van der Waals surface area contributed by atoms with Crippen LogP contribution in [0, 0.1) is 17.3 Å². The van der Waals surface area contributed by atoms with E-state index in [9.17, 15) is 0 Å². The lowest BCUT2D eigenvalue weighted by Crippen LogP contribution is -2.42. The molecule has 3 rings (SSSR count). The highest BCUT2D eigenvalue weighted by atomic mass is 15.0. The highest BCUT2D eigenvalue weighted by Crippen LogP contribution is 2.44. The van der Waals surface area contributed by atoms with E-state index >= 15 is 0 Å². The van der Waals surface area contributed by atoms with Gasteiger partial charge in [-0.1, -0.05) is 51.1 Å². The molecular weight excluding hydrogens is 242 g/mol. The van der Waals surface area contributed by atoms with Gasteiger partial charge in [-0.05, 0) is 54.9 Å². The van der Waals surface area contributed by atoms with Crippen molar-refractivity contribution in [1.29, 1.82) is 0 Å². The molecule has 3 unspecified atom stereocenters. The minimum absolute atomic E-state index is 0.500. The van der Waals surface area contributed by atoms with Crippen LogP contribution in [0.15, 0.2) is 30.3 Å². The van der Waals surface area contributed by atoms with E-state index in [0.29, 0.717) is 17.5 Å². The number of hydrogen-bond donors (Lipinski definition) is 1. The highest BCUT2D eigenvalue weighted by Gasteiger charge is 2.37. The Bertz CT molecular complexity index is 432. The molecule has 0 bridgehead atoms. The van der Waals surface area contributed by atoms with Crippen molar-refractivity contribution >= 4 is 0 Å². The zero-order valence-electron chi connectivity index (χ0n) is 13.2. The van der Waals surface area contributed by atoms with Crippen LogP contribution in [0.5, 0.6) is 0 Å². The lowest BCUT2D eigenvalue weighted by atomic mass is 9.70. The van der Waals surface area contributed by atoms with E-state index in [1.165, 1.54) is 37.7 Å². The van der Waals surface area contributed by atoms with Crippen molar-refractivity contribution in [3.05, 3.63) is 35.9 Å². The summed E-state index contributed by atoms with van der Waals surface area (Å²) in [7, 11) is 0. The molecule has 1 heteroatoms. The summed E-state index contributed by atoms with van der Waals surface area (Å²) in [5, 5.41) is 4.02. The van der Waals surface area contributed by atoms with Crippen LogP contribution in [0.25, 0.3) is 0 Å². The summed E-state index contributed by atoms with van der Waals surface area (Å²) >= 11 is 0. The number of benzene rings is 1. The Hall–Kier alpha value is -0.820. The van der Waals surface area contributed by atoms with E-state index in [2.05, 4.69) is 56.4 Å². The van der Waals surface area contributed by atoms with Gasteiger partial charge in [0.1, 0.15) is 0 Å². The van der Waals surface area contributed by atoms with Crippen LogP contribution in [0.1, 0.15) is 64.5 Å². The maximum Gasteiger partial charge on any atom is 0.0351 e. The summed E-state index contributed by atoms with van der Waals surface area (Å²) < 4.78 is 0. The first-order chi connectivity index (χ1) is 9.53. The van der Waals surface area contributed by atoms with E-state index in [-0.39, 0.29) is 0 Å². The summed E-state index contributed by atoms with van der Waals surface area (Å²) in [4.78, 5) is 0. The smallest absolute Gasteiger partial charge is 0.0351 e. The third kappa shape index (κ3) is 3.44. The summed E-state index contributed by atoms with van der Waals surface area (Å²) in [5.41, 5.74) is 1.99. The lowest BCUT2D eigenvalue weighted by molar-refractivity contribution is 0.141. The molecule has 0 radical (unpaired) electrons. The topological polar surface area (TPSA) is 12.0 Å². The Kier molecular flexibility index (Phi) is 3.90. The molecule has 1 N–H and O–H groups in total. The average molecular weight is 271 g/mol. The van der Waals surface area contributed by atoms with Crippen LogP contribution < -0.4 is 5.32 Å². The fraction of sp³-hybridized carbons (Fsp3) is 0.684. The molecule has 2 saturated carbocycles. The number of rotatable bonds is 4. The Morgan fingerprint density at radius 2 is 1.80 bits per heavy atom. The minimum atomic E-state index is 0.500. The van der Waals surface area contributed by atoms with Crippen LogP contribution in [-0.2, 0) is 0 Å². The Balaban J connectivity index is 1.71.